The highest BCUT2D eigenvalue weighted by atomic mass is 127. The smallest absolute Gasteiger partial charge is 0.267 e. The lowest BCUT2D eigenvalue weighted by molar-refractivity contribution is 1.28. The Balaban J connectivity index is 2.24. The lowest BCUT2D eigenvalue weighted by Gasteiger charge is -2.06. The van der Waals surface area contributed by atoms with Gasteiger partial charge in [-0.05, 0) is 58.5 Å². The predicted molar refractivity (Wildman–Crippen MR) is 104 cm³/mol. The van der Waals surface area contributed by atoms with Gasteiger partial charge >= 0.3 is 0 Å². The van der Waals surface area contributed by atoms with Crippen molar-refractivity contribution in [2.45, 2.75) is 0 Å². The highest BCUT2D eigenvalue weighted by Crippen LogP contribution is 2.34. The van der Waals surface area contributed by atoms with Crippen molar-refractivity contribution < 1.29 is 0 Å². The van der Waals surface area contributed by atoms with Gasteiger partial charge in [0.05, 0.1) is 11.0 Å². The summed E-state index contributed by atoms with van der Waals surface area (Å²) in [5.41, 5.74) is 3.37. The minimum absolute atomic E-state index is 0.0992. The quantitative estimate of drug-likeness (QED) is 0.413. The van der Waals surface area contributed by atoms with Crippen LogP contribution in [0.1, 0.15) is 5.56 Å². The van der Waals surface area contributed by atoms with Gasteiger partial charge in [0.2, 0.25) is 0 Å². The molecule has 116 valence electrons. The molecule has 0 fully saturated rings. The number of pyridine rings is 1. The fraction of sp³-hybridized carbons (Fsp3) is 0. The third-order valence-corrected chi connectivity index (χ3v) is 4.86. The second-order valence-corrected chi connectivity index (χ2v) is 7.07. The van der Waals surface area contributed by atoms with Crippen LogP contribution in [0.4, 0.5) is 0 Å². The van der Waals surface area contributed by atoms with Crippen LogP contribution in [-0.2, 0) is 0 Å². The molecule has 0 saturated heterocycles. The average Bonchev–Trinajstić information content (AvgIpc) is 2.91. The minimum Gasteiger partial charge on any atom is -0.353 e. The van der Waals surface area contributed by atoms with Crippen LogP contribution < -0.4 is 5.56 Å². The van der Waals surface area contributed by atoms with Crippen LogP contribution in [0.2, 0.25) is 5.02 Å². The summed E-state index contributed by atoms with van der Waals surface area (Å²) in [5, 5.41) is 10.9. The van der Waals surface area contributed by atoms with Gasteiger partial charge in [-0.15, -0.1) is 0 Å². The van der Waals surface area contributed by atoms with Crippen LogP contribution in [0.5, 0.6) is 0 Å². The maximum absolute atomic E-state index is 12.4. The van der Waals surface area contributed by atoms with Crippen molar-refractivity contribution >= 4 is 56.1 Å². The van der Waals surface area contributed by atoms with Crippen LogP contribution in [0, 0.1) is 14.9 Å². The van der Waals surface area contributed by atoms with Gasteiger partial charge in [0.15, 0.2) is 0 Å². The number of fused-ring (bicyclic) bond motifs is 3. The van der Waals surface area contributed by atoms with Crippen LogP contribution in [-0.4, -0.2) is 9.97 Å². The van der Waals surface area contributed by atoms with Crippen molar-refractivity contribution in [2.75, 3.05) is 0 Å². The summed E-state index contributed by atoms with van der Waals surface area (Å²) in [6.07, 6.45) is 0. The maximum Gasteiger partial charge on any atom is 0.267 e. The first-order valence-corrected chi connectivity index (χ1v) is 8.57. The summed E-state index contributed by atoms with van der Waals surface area (Å²) in [7, 11) is 0. The van der Waals surface area contributed by atoms with E-state index in [1.54, 1.807) is 12.1 Å². The van der Waals surface area contributed by atoms with E-state index in [-0.39, 0.29) is 5.56 Å². The Hall–Kier alpha value is -2.30. The molecule has 0 aliphatic heterocycles. The standard InChI is InChI=1S/C18H9ClIN3O/c19-10-4-5-14-12(7-10)16-17(22-14)15(13(8-21)18(24)23-16)9-2-1-3-11(20)6-9/h1-7,22H,(H,23,24). The Bertz CT molecular complexity index is 1220. The van der Waals surface area contributed by atoms with E-state index >= 15 is 0 Å². The SMILES string of the molecule is N#Cc1c(-c2cccc(I)c2)c2[nH]c3ccc(Cl)cc3c2[nH]c1=O. The third kappa shape index (κ3) is 2.30. The Labute approximate surface area is 155 Å². The number of halogens is 2. The maximum atomic E-state index is 12.4. The van der Waals surface area contributed by atoms with Gasteiger partial charge in [0, 0.05) is 25.1 Å². The number of hydrogen-bond donors (Lipinski definition) is 2. The molecular weight excluding hydrogens is 437 g/mol. The first kappa shape index (κ1) is 15.2. The molecule has 0 aliphatic rings. The molecule has 0 atom stereocenters. The van der Waals surface area contributed by atoms with Gasteiger partial charge in [0.25, 0.3) is 5.56 Å². The molecule has 0 saturated carbocycles. The van der Waals surface area contributed by atoms with Crippen LogP contribution >= 0.6 is 34.2 Å². The Kier molecular flexibility index (Phi) is 3.59. The zero-order valence-electron chi connectivity index (χ0n) is 12.2. The summed E-state index contributed by atoms with van der Waals surface area (Å²) in [5.74, 6) is 0. The van der Waals surface area contributed by atoms with E-state index < -0.39 is 5.56 Å². The van der Waals surface area contributed by atoms with E-state index in [1.807, 2.05) is 36.4 Å². The molecule has 4 nitrogen and oxygen atoms in total. The van der Waals surface area contributed by atoms with Crippen molar-refractivity contribution in [1.29, 1.82) is 5.26 Å². The van der Waals surface area contributed by atoms with Crippen molar-refractivity contribution in [3.8, 4) is 17.2 Å². The van der Waals surface area contributed by atoms with E-state index in [2.05, 4.69) is 32.6 Å². The van der Waals surface area contributed by atoms with Gasteiger partial charge in [-0.25, -0.2) is 0 Å². The molecule has 4 aromatic rings. The number of hydrogen-bond acceptors (Lipinski definition) is 2. The Morgan fingerprint density at radius 3 is 2.67 bits per heavy atom. The zero-order valence-corrected chi connectivity index (χ0v) is 15.1. The molecule has 2 aromatic heterocycles. The number of benzene rings is 2. The number of nitriles is 1. The van der Waals surface area contributed by atoms with Gasteiger partial charge in [-0.3, -0.25) is 4.79 Å². The predicted octanol–water partition coefficient (Wildman–Crippen LogP) is 4.81. The fourth-order valence-electron chi connectivity index (χ4n) is 2.94. The van der Waals surface area contributed by atoms with Gasteiger partial charge in [-0.2, -0.15) is 5.26 Å². The molecule has 2 heterocycles. The van der Waals surface area contributed by atoms with E-state index in [1.165, 1.54) is 0 Å². The van der Waals surface area contributed by atoms with E-state index in [0.717, 1.165) is 25.6 Å². The lowest BCUT2D eigenvalue weighted by Crippen LogP contribution is -2.11. The second-order valence-electron chi connectivity index (χ2n) is 5.39. The minimum atomic E-state index is -0.403. The first-order valence-electron chi connectivity index (χ1n) is 7.12. The van der Waals surface area contributed by atoms with Crippen LogP contribution in [0.15, 0.2) is 47.3 Å². The fourth-order valence-corrected chi connectivity index (χ4v) is 3.65. The molecule has 0 bridgehead atoms. The number of aromatic amines is 2. The van der Waals surface area contributed by atoms with Crippen LogP contribution in [0.3, 0.4) is 0 Å². The van der Waals surface area contributed by atoms with Gasteiger partial charge in [0.1, 0.15) is 11.6 Å². The molecule has 0 amide bonds. The number of nitrogens with zero attached hydrogens (tertiary/aromatic N) is 1. The molecule has 6 heteroatoms. The molecule has 0 unspecified atom stereocenters. The number of rotatable bonds is 1. The van der Waals surface area contributed by atoms with E-state index in [9.17, 15) is 10.1 Å². The summed E-state index contributed by atoms with van der Waals surface area (Å²) in [6.45, 7) is 0. The third-order valence-electron chi connectivity index (χ3n) is 3.95. The highest BCUT2D eigenvalue weighted by Gasteiger charge is 2.18. The van der Waals surface area contributed by atoms with Crippen molar-refractivity contribution in [2.24, 2.45) is 0 Å². The average molecular weight is 446 g/mol. The first-order chi connectivity index (χ1) is 11.6. The van der Waals surface area contributed by atoms with Gasteiger partial charge < -0.3 is 9.97 Å². The van der Waals surface area contributed by atoms with Crippen LogP contribution in [0.25, 0.3) is 33.1 Å². The monoisotopic (exact) mass is 445 g/mol. The molecule has 4 rings (SSSR count). The number of nitrogens with one attached hydrogen (secondary N) is 2. The van der Waals surface area contributed by atoms with Crippen molar-refractivity contribution in [1.82, 2.24) is 9.97 Å². The summed E-state index contributed by atoms with van der Waals surface area (Å²) >= 11 is 8.30. The molecule has 0 radical (unpaired) electrons. The van der Waals surface area contributed by atoms with Gasteiger partial charge in [-0.1, -0.05) is 23.7 Å². The van der Waals surface area contributed by atoms with E-state index in [0.29, 0.717) is 16.1 Å². The molecule has 24 heavy (non-hydrogen) atoms. The summed E-state index contributed by atoms with van der Waals surface area (Å²) < 4.78 is 1.03. The topological polar surface area (TPSA) is 72.4 Å². The van der Waals surface area contributed by atoms with Crippen molar-refractivity contribution in [3.05, 3.63) is 67.0 Å². The Morgan fingerprint density at radius 2 is 1.92 bits per heavy atom. The largest absolute Gasteiger partial charge is 0.353 e. The molecule has 2 aromatic carbocycles. The van der Waals surface area contributed by atoms with E-state index in [4.69, 9.17) is 11.6 Å². The zero-order chi connectivity index (χ0) is 16.8. The second kappa shape index (κ2) is 5.65. The summed E-state index contributed by atoms with van der Waals surface area (Å²) in [4.78, 5) is 18.6. The highest BCUT2D eigenvalue weighted by molar-refractivity contribution is 14.1. The summed E-state index contributed by atoms with van der Waals surface area (Å²) in [6, 6.07) is 15.2. The van der Waals surface area contributed by atoms with Crippen molar-refractivity contribution in [3.63, 3.8) is 0 Å². The molecule has 2 N–H and O–H groups in total. The molecule has 0 spiro atoms. The normalized spacial score (nSPS) is 11.0. The number of H-pyrrole nitrogens is 2. The number of aromatic nitrogens is 2. The molecular formula is C18H9ClIN3O. The lowest BCUT2D eigenvalue weighted by atomic mass is 10.00. The molecule has 0 aliphatic carbocycles. The Morgan fingerprint density at radius 1 is 1.08 bits per heavy atom.